The summed E-state index contributed by atoms with van der Waals surface area (Å²) >= 11 is 0. The first-order valence-corrected chi connectivity index (χ1v) is 4.08. The van der Waals surface area contributed by atoms with Crippen molar-refractivity contribution in [2.45, 2.75) is 0 Å². The van der Waals surface area contributed by atoms with Crippen molar-refractivity contribution in [2.75, 3.05) is 11.9 Å². The molecule has 0 aliphatic carbocycles. The normalized spacial score (nSPS) is 15.8. The van der Waals surface area contributed by atoms with Gasteiger partial charge in [-0.3, -0.25) is 14.4 Å². The third-order valence-corrected chi connectivity index (χ3v) is 2.22. The summed E-state index contributed by atoms with van der Waals surface area (Å²) in [6.07, 6.45) is 0. The summed E-state index contributed by atoms with van der Waals surface area (Å²) in [5.41, 5.74) is 0.779. The molecule has 0 fully saturated rings. The highest BCUT2D eigenvalue weighted by atomic mass is 16.2. The van der Waals surface area contributed by atoms with Crippen molar-refractivity contribution in [3.05, 3.63) is 29.8 Å². The van der Waals surface area contributed by atoms with Gasteiger partial charge < -0.3 is 4.90 Å². The molecule has 1 heterocycles. The molecule has 1 aliphatic heterocycles. The molecule has 0 atom stereocenters. The van der Waals surface area contributed by atoms with Gasteiger partial charge in [0, 0.05) is 7.05 Å². The predicted octanol–water partition coefficient (Wildman–Crippen LogP) is 0.415. The number of amides is 1. The number of ketones is 2. The van der Waals surface area contributed by atoms with Crippen LogP contribution in [-0.4, -0.2) is 24.5 Å². The lowest BCUT2D eigenvalue weighted by Gasteiger charge is -2.22. The lowest BCUT2D eigenvalue weighted by atomic mass is 9.99. The number of nitrogens with zero attached hydrogens (tertiary/aromatic N) is 1. The van der Waals surface area contributed by atoms with E-state index in [9.17, 15) is 14.4 Å². The number of carbonyl (C=O) groups is 3. The topological polar surface area (TPSA) is 54.5 Å². The third kappa shape index (κ3) is 0.970. The Hall–Kier alpha value is -1.97. The van der Waals surface area contributed by atoms with Crippen LogP contribution in [0.1, 0.15) is 10.4 Å². The monoisotopic (exact) mass is 189 g/mol. The van der Waals surface area contributed by atoms with E-state index in [-0.39, 0.29) is 0 Å². The van der Waals surface area contributed by atoms with E-state index in [4.69, 9.17) is 0 Å². The molecular weight excluding hydrogens is 182 g/mol. The zero-order valence-electron chi connectivity index (χ0n) is 7.48. The second-order valence-corrected chi connectivity index (χ2v) is 3.04. The van der Waals surface area contributed by atoms with E-state index in [1.165, 1.54) is 11.9 Å². The largest absolute Gasteiger partial charge is 0.308 e. The Bertz CT molecular complexity index is 450. The highest BCUT2D eigenvalue weighted by Crippen LogP contribution is 2.24. The molecule has 1 aromatic carbocycles. The second kappa shape index (κ2) is 2.77. The molecule has 0 saturated carbocycles. The van der Waals surface area contributed by atoms with Crippen molar-refractivity contribution in [2.24, 2.45) is 0 Å². The molecule has 0 bridgehead atoms. The van der Waals surface area contributed by atoms with Gasteiger partial charge in [-0.25, -0.2) is 0 Å². The number of hydrogen-bond acceptors (Lipinski definition) is 3. The van der Waals surface area contributed by atoms with E-state index in [1.807, 2.05) is 0 Å². The van der Waals surface area contributed by atoms with Crippen LogP contribution in [0.4, 0.5) is 5.69 Å². The molecule has 0 spiro atoms. The number of Topliss-reactive ketones (excluding diaryl/α,β-unsaturated/α-hetero) is 2. The smallest absolute Gasteiger partial charge is 0.302 e. The summed E-state index contributed by atoms with van der Waals surface area (Å²) in [4.78, 5) is 35.0. The Morgan fingerprint density at radius 2 is 1.64 bits per heavy atom. The van der Waals surface area contributed by atoms with Crippen LogP contribution in [0, 0.1) is 0 Å². The number of hydrogen-bond donors (Lipinski definition) is 0. The fourth-order valence-corrected chi connectivity index (χ4v) is 1.44. The van der Waals surface area contributed by atoms with Crippen molar-refractivity contribution < 1.29 is 14.4 Å². The first-order valence-electron chi connectivity index (χ1n) is 4.08. The molecular formula is C10H7NO3. The molecule has 1 aliphatic rings. The standard InChI is InChI=1S/C10H7NO3/c1-11-7-5-3-2-4-6(7)8(12)9(13)10(11)14/h2-5H,1H3. The van der Waals surface area contributed by atoms with Crippen LogP contribution in [0.15, 0.2) is 24.3 Å². The minimum atomic E-state index is -0.966. The van der Waals surface area contributed by atoms with Crippen molar-refractivity contribution in [3.63, 3.8) is 0 Å². The van der Waals surface area contributed by atoms with Gasteiger partial charge in [0.1, 0.15) is 0 Å². The van der Waals surface area contributed by atoms with Gasteiger partial charge in [-0.2, -0.15) is 0 Å². The van der Waals surface area contributed by atoms with Gasteiger partial charge in [-0.15, -0.1) is 0 Å². The molecule has 0 aromatic heterocycles. The zero-order chi connectivity index (χ0) is 10.3. The number of fused-ring (bicyclic) bond motifs is 1. The van der Waals surface area contributed by atoms with Crippen molar-refractivity contribution in [1.29, 1.82) is 0 Å². The average Bonchev–Trinajstić information content (AvgIpc) is 2.23. The van der Waals surface area contributed by atoms with Gasteiger partial charge in [0.25, 0.3) is 5.78 Å². The molecule has 70 valence electrons. The summed E-state index contributed by atoms with van der Waals surface area (Å²) in [6, 6.07) is 6.55. The molecule has 14 heavy (non-hydrogen) atoms. The summed E-state index contributed by atoms with van der Waals surface area (Å²) in [5.74, 6) is -2.45. The van der Waals surface area contributed by atoms with Crippen LogP contribution in [0.2, 0.25) is 0 Å². The van der Waals surface area contributed by atoms with Gasteiger partial charge in [0.05, 0.1) is 11.3 Å². The first-order chi connectivity index (χ1) is 6.63. The highest BCUT2D eigenvalue weighted by Gasteiger charge is 2.35. The van der Waals surface area contributed by atoms with Crippen molar-refractivity contribution >= 4 is 23.2 Å². The maximum atomic E-state index is 11.4. The maximum Gasteiger partial charge on any atom is 0.302 e. The van der Waals surface area contributed by atoms with Crippen LogP contribution in [0.3, 0.4) is 0 Å². The van der Waals surface area contributed by atoms with E-state index in [0.717, 1.165) is 0 Å². The Balaban J connectivity index is 2.68. The van der Waals surface area contributed by atoms with Gasteiger partial charge in [-0.1, -0.05) is 12.1 Å². The Kier molecular flexibility index (Phi) is 1.70. The molecule has 0 N–H and O–H groups in total. The highest BCUT2D eigenvalue weighted by molar-refractivity contribution is 6.71. The molecule has 4 nitrogen and oxygen atoms in total. The molecule has 2 rings (SSSR count). The SMILES string of the molecule is CN1C(=O)C(=O)C(=O)c2ccccc21. The number of para-hydroxylation sites is 1. The first kappa shape index (κ1) is 8.62. The summed E-state index contributed by atoms with van der Waals surface area (Å²) < 4.78 is 0. The van der Waals surface area contributed by atoms with Gasteiger partial charge >= 0.3 is 5.91 Å². The number of anilines is 1. The third-order valence-electron chi connectivity index (χ3n) is 2.22. The number of carbonyl (C=O) groups excluding carboxylic acids is 3. The van der Waals surface area contributed by atoms with Crippen LogP contribution < -0.4 is 4.90 Å². The minimum absolute atomic E-state index is 0.291. The zero-order valence-corrected chi connectivity index (χ0v) is 7.48. The van der Waals surface area contributed by atoms with E-state index in [2.05, 4.69) is 0 Å². The lowest BCUT2D eigenvalue weighted by Crippen LogP contribution is -2.42. The Morgan fingerprint density at radius 1 is 1.00 bits per heavy atom. The van der Waals surface area contributed by atoms with E-state index in [1.54, 1.807) is 24.3 Å². The lowest BCUT2D eigenvalue weighted by molar-refractivity contribution is -0.133. The molecule has 0 unspecified atom stereocenters. The molecule has 4 heteroatoms. The van der Waals surface area contributed by atoms with E-state index in [0.29, 0.717) is 11.3 Å². The van der Waals surface area contributed by atoms with Gasteiger partial charge in [0.2, 0.25) is 5.78 Å². The van der Waals surface area contributed by atoms with Crippen LogP contribution in [-0.2, 0) is 9.59 Å². The quantitative estimate of drug-likeness (QED) is 0.555. The molecule has 1 aromatic rings. The average molecular weight is 189 g/mol. The summed E-state index contributed by atoms with van der Waals surface area (Å²) in [6.45, 7) is 0. The predicted molar refractivity (Wildman–Crippen MR) is 49.2 cm³/mol. The van der Waals surface area contributed by atoms with Gasteiger partial charge in [-0.05, 0) is 12.1 Å². The van der Waals surface area contributed by atoms with Crippen LogP contribution >= 0.6 is 0 Å². The summed E-state index contributed by atoms with van der Waals surface area (Å²) in [7, 11) is 1.48. The molecule has 0 radical (unpaired) electrons. The molecule has 1 amide bonds. The second-order valence-electron chi connectivity index (χ2n) is 3.04. The van der Waals surface area contributed by atoms with Crippen molar-refractivity contribution in [1.82, 2.24) is 0 Å². The van der Waals surface area contributed by atoms with Crippen LogP contribution in [0.5, 0.6) is 0 Å². The maximum absolute atomic E-state index is 11.4. The molecule has 0 saturated heterocycles. The summed E-state index contributed by atoms with van der Waals surface area (Å²) in [5, 5.41) is 0. The van der Waals surface area contributed by atoms with E-state index >= 15 is 0 Å². The Morgan fingerprint density at radius 3 is 2.36 bits per heavy atom. The van der Waals surface area contributed by atoms with E-state index < -0.39 is 17.5 Å². The number of benzene rings is 1. The number of likely N-dealkylation sites (N-methyl/N-ethyl adjacent to an activating group) is 1. The fraction of sp³-hybridized carbons (Fsp3) is 0.100. The van der Waals surface area contributed by atoms with Gasteiger partial charge in [0.15, 0.2) is 0 Å². The Labute approximate surface area is 80.1 Å². The number of rotatable bonds is 0. The van der Waals surface area contributed by atoms with Crippen LogP contribution in [0.25, 0.3) is 0 Å². The van der Waals surface area contributed by atoms with Crippen molar-refractivity contribution in [3.8, 4) is 0 Å². The fourth-order valence-electron chi connectivity index (χ4n) is 1.44. The minimum Gasteiger partial charge on any atom is -0.308 e.